The maximum absolute atomic E-state index is 9.04. The number of rotatable bonds is 3. The second-order valence-corrected chi connectivity index (χ2v) is 3.52. The average Bonchev–Trinajstić information content (AvgIpc) is 2.75. The first-order chi connectivity index (χ1) is 8.20. The molecule has 0 spiro atoms. The van der Waals surface area contributed by atoms with E-state index in [2.05, 4.69) is 20.9 Å². The summed E-state index contributed by atoms with van der Waals surface area (Å²) < 4.78 is 0. The van der Waals surface area contributed by atoms with Crippen molar-refractivity contribution < 1.29 is 10.1 Å². The van der Waals surface area contributed by atoms with Gasteiger partial charge in [-0.25, -0.2) is 0 Å². The first-order valence-corrected chi connectivity index (χ1v) is 4.94. The summed E-state index contributed by atoms with van der Waals surface area (Å²) in [5.74, 6) is 0.397. The minimum absolute atomic E-state index is 0.140. The van der Waals surface area contributed by atoms with Crippen molar-refractivity contribution in [1.29, 1.82) is 0 Å². The van der Waals surface area contributed by atoms with Crippen LogP contribution in [0.25, 0.3) is 0 Å². The molecular formula is C10H13N5O2. The lowest BCUT2D eigenvalue weighted by Gasteiger charge is -2.11. The average molecular weight is 235 g/mol. The SMILES string of the molecule is Cc1ccc(NC(NO)=C2NON=C2N)cc1. The third-order valence-electron chi connectivity index (χ3n) is 2.23. The Morgan fingerprint density at radius 1 is 1.41 bits per heavy atom. The molecule has 2 rings (SSSR count). The van der Waals surface area contributed by atoms with E-state index in [-0.39, 0.29) is 11.7 Å². The summed E-state index contributed by atoms with van der Waals surface area (Å²) >= 11 is 0. The Bertz CT molecular complexity index is 466. The number of hydrogen-bond donors (Lipinski definition) is 5. The molecule has 0 amide bonds. The van der Waals surface area contributed by atoms with Crippen molar-refractivity contribution in [3.05, 3.63) is 41.3 Å². The number of amidine groups is 1. The van der Waals surface area contributed by atoms with Gasteiger partial charge in [0.05, 0.1) is 0 Å². The van der Waals surface area contributed by atoms with Gasteiger partial charge in [0.2, 0.25) is 0 Å². The standard InChI is InChI=1S/C10H13N5O2/c1-6-2-4-7(5-3-6)12-10(13-16)8-9(11)15-17-14-8/h2-5,12-14,16H,1H3,(H2,11,15). The van der Waals surface area contributed by atoms with Gasteiger partial charge in [-0.05, 0) is 24.2 Å². The summed E-state index contributed by atoms with van der Waals surface area (Å²) in [5.41, 5.74) is 12.3. The van der Waals surface area contributed by atoms with Crippen LogP contribution >= 0.6 is 0 Å². The predicted octanol–water partition coefficient (Wildman–Crippen LogP) is 0.362. The number of oxime groups is 1. The lowest BCUT2D eigenvalue weighted by molar-refractivity contribution is 0.0880. The summed E-state index contributed by atoms with van der Waals surface area (Å²) in [4.78, 5) is 4.57. The Morgan fingerprint density at radius 3 is 2.65 bits per heavy atom. The van der Waals surface area contributed by atoms with Crippen LogP contribution in [0.1, 0.15) is 5.56 Å². The van der Waals surface area contributed by atoms with E-state index in [1.165, 1.54) is 0 Å². The zero-order chi connectivity index (χ0) is 12.3. The van der Waals surface area contributed by atoms with Crippen LogP contribution in [0.2, 0.25) is 0 Å². The molecular weight excluding hydrogens is 222 g/mol. The number of hydrogen-bond acceptors (Lipinski definition) is 7. The van der Waals surface area contributed by atoms with Gasteiger partial charge in [0.25, 0.3) is 0 Å². The van der Waals surface area contributed by atoms with Crippen molar-refractivity contribution >= 4 is 11.5 Å². The maximum Gasteiger partial charge on any atom is 0.196 e. The quantitative estimate of drug-likeness (QED) is 0.485. The van der Waals surface area contributed by atoms with Gasteiger partial charge in [0, 0.05) is 5.69 Å². The highest BCUT2D eigenvalue weighted by Gasteiger charge is 2.17. The monoisotopic (exact) mass is 235 g/mol. The molecule has 7 nitrogen and oxygen atoms in total. The molecule has 1 aromatic rings. The molecule has 0 bridgehead atoms. The van der Waals surface area contributed by atoms with E-state index >= 15 is 0 Å². The number of nitrogens with one attached hydrogen (secondary N) is 3. The van der Waals surface area contributed by atoms with E-state index in [9.17, 15) is 0 Å². The van der Waals surface area contributed by atoms with Gasteiger partial charge in [-0.1, -0.05) is 17.7 Å². The van der Waals surface area contributed by atoms with Crippen LogP contribution in [0.4, 0.5) is 5.69 Å². The second kappa shape index (κ2) is 4.62. The number of anilines is 1. The highest BCUT2D eigenvalue weighted by Crippen LogP contribution is 2.12. The van der Waals surface area contributed by atoms with Crippen LogP contribution in [0.5, 0.6) is 0 Å². The van der Waals surface area contributed by atoms with Gasteiger partial charge < -0.3 is 11.1 Å². The summed E-state index contributed by atoms with van der Waals surface area (Å²) in [7, 11) is 0. The molecule has 0 fully saturated rings. The lowest BCUT2D eigenvalue weighted by atomic mass is 10.2. The molecule has 1 heterocycles. The third-order valence-corrected chi connectivity index (χ3v) is 2.23. The smallest absolute Gasteiger partial charge is 0.196 e. The molecule has 1 aliphatic heterocycles. The number of benzene rings is 1. The van der Waals surface area contributed by atoms with E-state index < -0.39 is 0 Å². The number of aryl methyl sites for hydroxylation is 1. The summed E-state index contributed by atoms with van der Waals surface area (Å²) in [6.45, 7) is 1.99. The molecule has 17 heavy (non-hydrogen) atoms. The van der Waals surface area contributed by atoms with Crippen molar-refractivity contribution in [2.45, 2.75) is 6.92 Å². The Kier molecular flexibility index (Phi) is 3.01. The topological polar surface area (TPSA) is 104 Å². The normalized spacial score (nSPS) is 16.7. The van der Waals surface area contributed by atoms with E-state index in [4.69, 9.17) is 10.9 Å². The largest absolute Gasteiger partial charge is 0.379 e. The van der Waals surface area contributed by atoms with Gasteiger partial charge >= 0.3 is 0 Å². The van der Waals surface area contributed by atoms with E-state index in [0.29, 0.717) is 5.70 Å². The summed E-state index contributed by atoms with van der Waals surface area (Å²) in [6.07, 6.45) is 0. The Balaban J connectivity index is 2.21. The third kappa shape index (κ3) is 2.40. The van der Waals surface area contributed by atoms with Crippen molar-refractivity contribution in [2.75, 3.05) is 5.32 Å². The van der Waals surface area contributed by atoms with Crippen LogP contribution < -0.4 is 22.0 Å². The minimum Gasteiger partial charge on any atom is -0.379 e. The number of hydroxylamine groups is 2. The van der Waals surface area contributed by atoms with E-state index in [1.54, 1.807) is 0 Å². The predicted molar refractivity (Wildman–Crippen MR) is 62.6 cm³/mol. The zero-order valence-electron chi connectivity index (χ0n) is 9.19. The molecule has 0 aromatic heterocycles. The lowest BCUT2D eigenvalue weighted by Crippen LogP contribution is -2.28. The van der Waals surface area contributed by atoms with Crippen LogP contribution in [0.15, 0.2) is 40.9 Å². The van der Waals surface area contributed by atoms with Gasteiger partial charge in [-0.3, -0.25) is 15.6 Å². The van der Waals surface area contributed by atoms with Crippen LogP contribution in [-0.4, -0.2) is 11.0 Å². The molecule has 0 saturated heterocycles. The fraction of sp³-hybridized carbons (Fsp3) is 0.100. The summed E-state index contributed by atoms with van der Waals surface area (Å²) in [6, 6.07) is 7.63. The minimum atomic E-state index is 0.140. The molecule has 1 aromatic carbocycles. The molecule has 0 aliphatic carbocycles. The fourth-order valence-electron chi connectivity index (χ4n) is 1.32. The number of nitrogens with two attached hydrogens (primary N) is 1. The van der Waals surface area contributed by atoms with Crippen molar-refractivity contribution in [3.8, 4) is 0 Å². The van der Waals surface area contributed by atoms with E-state index in [1.807, 2.05) is 36.7 Å². The molecule has 1 aliphatic rings. The Labute approximate surface area is 97.9 Å². The first-order valence-electron chi connectivity index (χ1n) is 4.94. The van der Waals surface area contributed by atoms with Gasteiger partial charge in [-0.2, -0.15) is 5.48 Å². The van der Waals surface area contributed by atoms with Crippen LogP contribution in [-0.2, 0) is 4.94 Å². The molecule has 90 valence electrons. The van der Waals surface area contributed by atoms with Crippen LogP contribution in [0.3, 0.4) is 0 Å². The van der Waals surface area contributed by atoms with E-state index in [0.717, 1.165) is 11.3 Å². The molecule has 0 unspecified atom stereocenters. The van der Waals surface area contributed by atoms with Crippen molar-refractivity contribution in [3.63, 3.8) is 0 Å². The second-order valence-electron chi connectivity index (χ2n) is 3.52. The number of nitrogens with zero attached hydrogens (tertiary/aromatic N) is 1. The highest BCUT2D eigenvalue weighted by atomic mass is 16.8. The summed E-state index contributed by atoms with van der Waals surface area (Å²) in [5, 5.41) is 15.5. The molecule has 0 atom stereocenters. The molecule has 0 saturated carbocycles. The van der Waals surface area contributed by atoms with Gasteiger partial charge in [0.1, 0.15) is 0 Å². The molecule has 7 heteroatoms. The molecule has 6 N–H and O–H groups in total. The van der Waals surface area contributed by atoms with Crippen molar-refractivity contribution in [1.82, 2.24) is 11.0 Å². The Hall–Kier alpha value is -2.41. The highest BCUT2D eigenvalue weighted by molar-refractivity contribution is 5.97. The maximum atomic E-state index is 9.04. The van der Waals surface area contributed by atoms with Gasteiger partial charge in [0.15, 0.2) is 17.4 Å². The zero-order valence-corrected chi connectivity index (χ0v) is 9.19. The van der Waals surface area contributed by atoms with Gasteiger partial charge in [-0.15, -0.1) is 0 Å². The Morgan fingerprint density at radius 2 is 2.12 bits per heavy atom. The van der Waals surface area contributed by atoms with Crippen LogP contribution in [0, 0.1) is 6.92 Å². The van der Waals surface area contributed by atoms with Crippen molar-refractivity contribution in [2.24, 2.45) is 10.9 Å². The first kappa shape index (κ1) is 11.1. The fourth-order valence-corrected chi connectivity index (χ4v) is 1.32. The molecule has 0 radical (unpaired) electrons.